The van der Waals surface area contributed by atoms with Crippen LogP contribution in [0.1, 0.15) is 11.1 Å². The normalized spacial score (nSPS) is 9.83. The van der Waals surface area contributed by atoms with Crippen molar-refractivity contribution in [2.45, 2.75) is 5.33 Å². The molecule has 1 rings (SSSR count). The number of nitro benzene ring substituents is 1. The second kappa shape index (κ2) is 3.67. The molecule has 3 nitrogen and oxygen atoms in total. The number of benzene rings is 1. The zero-order chi connectivity index (χ0) is 9.14. The molecular weight excluding hydrogens is 222 g/mol. The molecule has 0 fully saturated rings. The van der Waals surface area contributed by atoms with Crippen LogP contribution < -0.4 is 0 Å². The third-order valence-electron chi connectivity index (χ3n) is 1.49. The summed E-state index contributed by atoms with van der Waals surface area (Å²) in [7, 11) is 0. The van der Waals surface area contributed by atoms with Gasteiger partial charge in [0.15, 0.2) is 0 Å². The van der Waals surface area contributed by atoms with Gasteiger partial charge in [-0.15, -0.1) is 0 Å². The molecule has 1 aromatic rings. The Labute approximate surface area is 78.7 Å². The monoisotopic (exact) mass is 228 g/mol. The first kappa shape index (κ1) is 9.19. The summed E-state index contributed by atoms with van der Waals surface area (Å²) in [4.78, 5) is 10.1. The van der Waals surface area contributed by atoms with Gasteiger partial charge in [0, 0.05) is 17.0 Å². The Balaban J connectivity index is 3.21. The van der Waals surface area contributed by atoms with Gasteiger partial charge in [-0.05, 0) is 12.5 Å². The topological polar surface area (TPSA) is 43.1 Å². The van der Waals surface area contributed by atoms with Crippen molar-refractivity contribution in [3.8, 4) is 0 Å². The van der Waals surface area contributed by atoms with Gasteiger partial charge in [-0.1, -0.05) is 28.1 Å². The van der Waals surface area contributed by atoms with E-state index in [1.165, 1.54) is 6.07 Å². The lowest BCUT2D eigenvalue weighted by Crippen LogP contribution is -1.93. The third-order valence-corrected chi connectivity index (χ3v) is 2.09. The second-order valence-corrected chi connectivity index (χ2v) is 2.91. The molecule has 0 saturated heterocycles. The minimum absolute atomic E-state index is 0.124. The SMILES string of the molecule is [CH2]c1ccc(CBr)c([N+](=O)[O-])c1. The van der Waals surface area contributed by atoms with Crippen molar-refractivity contribution in [1.82, 2.24) is 0 Å². The van der Waals surface area contributed by atoms with Crippen LogP contribution in [0.25, 0.3) is 0 Å². The predicted octanol–water partition coefficient (Wildman–Crippen LogP) is 2.67. The van der Waals surface area contributed by atoms with Gasteiger partial charge in [0.05, 0.1) is 4.92 Å². The van der Waals surface area contributed by atoms with Gasteiger partial charge in [0.1, 0.15) is 0 Å². The molecule has 0 amide bonds. The van der Waals surface area contributed by atoms with E-state index in [0.29, 0.717) is 16.5 Å². The highest BCUT2D eigenvalue weighted by molar-refractivity contribution is 9.08. The summed E-state index contributed by atoms with van der Waals surface area (Å²) in [5.74, 6) is 0. The molecule has 12 heavy (non-hydrogen) atoms. The van der Waals surface area contributed by atoms with Crippen LogP contribution in [0.2, 0.25) is 0 Å². The maximum absolute atomic E-state index is 10.5. The molecular formula is C8H7BrNO2. The summed E-state index contributed by atoms with van der Waals surface area (Å²) >= 11 is 3.18. The summed E-state index contributed by atoms with van der Waals surface area (Å²) < 4.78 is 0. The number of halogens is 1. The molecule has 0 heterocycles. The minimum Gasteiger partial charge on any atom is -0.258 e. The Morgan fingerprint density at radius 3 is 2.75 bits per heavy atom. The Morgan fingerprint density at radius 1 is 1.58 bits per heavy atom. The van der Waals surface area contributed by atoms with E-state index in [9.17, 15) is 10.1 Å². The quantitative estimate of drug-likeness (QED) is 0.444. The van der Waals surface area contributed by atoms with Crippen molar-refractivity contribution in [1.29, 1.82) is 0 Å². The van der Waals surface area contributed by atoms with Crippen LogP contribution in [-0.2, 0) is 5.33 Å². The van der Waals surface area contributed by atoms with Crippen LogP contribution in [0.15, 0.2) is 18.2 Å². The Morgan fingerprint density at radius 2 is 2.25 bits per heavy atom. The molecule has 0 N–H and O–H groups in total. The molecule has 0 aliphatic heterocycles. The van der Waals surface area contributed by atoms with E-state index in [4.69, 9.17) is 0 Å². The summed E-state index contributed by atoms with van der Waals surface area (Å²) in [5.41, 5.74) is 1.46. The molecule has 4 heteroatoms. The van der Waals surface area contributed by atoms with Gasteiger partial charge in [-0.25, -0.2) is 0 Å². The molecule has 0 aromatic heterocycles. The van der Waals surface area contributed by atoms with Gasteiger partial charge in [-0.3, -0.25) is 10.1 Å². The van der Waals surface area contributed by atoms with E-state index in [1.54, 1.807) is 12.1 Å². The van der Waals surface area contributed by atoms with Crippen molar-refractivity contribution >= 4 is 21.6 Å². The van der Waals surface area contributed by atoms with Gasteiger partial charge in [0.2, 0.25) is 0 Å². The summed E-state index contributed by atoms with van der Waals surface area (Å²) in [5, 5.41) is 11.0. The van der Waals surface area contributed by atoms with Crippen molar-refractivity contribution in [2.24, 2.45) is 0 Å². The molecule has 63 valence electrons. The molecule has 1 radical (unpaired) electrons. The fourth-order valence-electron chi connectivity index (χ4n) is 0.892. The minimum atomic E-state index is -0.398. The van der Waals surface area contributed by atoms with Gasteiger partial charge >= 0.3 is 0 Å². The smallest absolute Gasteiger partial charge is 0.258 e. The van der Waals surface area contributed by atoms with Crippen molar-refractivity contribution in [3.63, 3.8) is 0 Å². The highest BCUT2D eigenvalue weighted by Gasteiger charge is 2.11. The van der Waals surface area contributed by atoms with Gasteiger partial charge < -0.3 is 0 Å². The third kappa shape index (κ3) is 1.82. The van der Waals surface area contributed by atoms with Crippen LogP contribution in [-0.4, -0.2) is 4.92 Å². The number of alkyl halides is 1. The molecule has 0 aliphatic rings. The van der Waals surface area contributed by atoms with Gasteiger partial charge in [0.25, 0.3) is 5.69 Å². The lowest BCUT2D eigenvalue weighted by molar-refractivity contribution is -0.385. The molecule has 0 atom stereocenters. The Bertz CT molecular complexity index is 312. The fraction of sp³-hybridized carbons (Fsp3) is 0.125. The molecule has 0 saturated carbocycles. The molecule has 1 aromatic carbocycles. The number of hydrogen-bond acceptors (Lipinski definition) is 2. The van der Waals surface area contributed by atoms with Crippen LogP contribution >= 0.6 is 15.9 Å². The average molecular weight is 229 g/mol. The molecule has 0 bridgehead atoms. The maximum Gasteiger partial charge on any atom is 0.273 e. The van der Waals surface area contributed by atoms with Crippen LogP contribution in [0, 0.1) is 17.0 Å². The lowest BCUT2D eigenvalue weighted by Gasteiger charge is -1.98. The number of nitrogens with zero attached hydrogens (tertiary/aromatic N) is 1. The first-order valence-electron chi connectivity index (χ1n) is 3.30. The highest BCUT2D eigenvalue weighted by atomic mass is 79.9. The van der Waals surface area contributed by atoms with Crippen molar-refractivity contribution < 1.29 is 4.92 Å². The Kier molecular flexibility index (Phi) is 2.81. The molecule has 0 spiro atoms. The van der Waals surface area contributed by atoms with Crippen LogP contribution in [0.5, 0.6) is 0 Å². The van der Waals surface area contributed by atoms with Gasteiger partial charge in [-0.2, -0.15) is 0 Å². The Hall–Kier alpha value is -0.900. The van der Waals surface area contributed by atoms with E-state index < -0.39 is 4.92 Å². The number of nitro groups is 1. The van der Waals surface area contributed by atoms with E-state index in [-0.39, 0.29) is 5.69 Å². The van der Waals surface area contributed by atoms with Crippen molar-refractivity contribution in [2.75, 3.05) is 0 Å². The summed E-state index contributed by atoms with van der Waals surface area (Å²) in [6.45, 7) is 3.62. The zero-order valence-corrected chi connectivity index (χ0v) is 7.87. The zero-order valence-electron chi connectivity index (χ0n) is 6.29. The second-order valence-electron chi connectivity index (χ2n) is 2.35. The molecule has 0 unspecified atom stereocenters. The van der Waals surface area contributed by atoms with Crippen molar-refractivity contribution in [3.05, 3.63) is 46.4 Å². The molecule has 0 aliphatic carbocycles. The van der Waals surface area contributed by atoms with E-state index in [1.807, 2.05) is 0 Å². The number of rotatable bonds is 2. The predicted molar refractivity (Wildman–Crippen MR) is 50.2 cm³/mol. The standard InChI is InChI=1S/C8H7BrNO2/c1-6-2-3-7(5-9)8(4-6)10(11)12/h2-4H,1,5H2. The first-order valence-corrected chi connectivity index (χ1v) is 4.42. The van der Waals surface area contributed by atoms with E-state index >= 15 is 0 Å². The van der Waals surface area contributed by atoms with Crippen LogP contribution in [0.4, 0.5) is 5.69 Å². The number of hydrogen-bond donors (Lipinski definition) is 0. The maximum atomic E-state index is 10.5. The average Bonchev–Trinajstić information content (AvgIpc) is 2.04. The van der Waals surface area contributed by atoms with E-state index in [2.05, 4.69) is 22.9 Å². The van der Waals surface area contributed by atoms with Crippen LogP contribution in [0.3, 0.4) is 0 Å². The summed E-state index contributed by atoms with van der Waals surface area (Å²) in [6, 6.07) is 4.93. The fourth-order valence-corrected chi connectivity index (χ4v) is 1.37. The first-order chi connectivity index (χ1) is 5.65. The lowest BCUT2D eigenvalue weighted by atomic mass is 10.1. The summed E-state index contributed by atoms with van der Waals surface area (Å²) in [6.07, 6.45) is 0. The van der Waals surface area contributed by atoms with E-state index in [0.717, 1.165) is 0 Å². The highest BCUT2D eigenvalue weighted by Crippen LogP contribution is 2.21. The largest absolute Gasteiger partial charge is 0.273 e.